The summed E-state index contributed by atoms with van der Waals surface area (Å²) in [5.41, 5.74) is 8.88. The van der Waals surface area contributed by atoms with Crippen molar-refractivity contribution in [3.63, 3.8) is 0 Å². The van der Waals surface area contributed by atoms with Crippen LogP contribution in [0.3, 0.4) is 0 Å². The van der Waals surface area contributed by atoms with Crippen LogP contribution in [-0.2, 0) is 9.84 Å². The third kappa shape index (κ3) is 3.37. The summed E-state index contributed by atoms with van der Waals surface area (Å²) in [4.78, 5) is 4.37. The Bertz CT molecular complexity index is 1230. The van der Waals surface area contributed by atoms with Gasteiger partial charge in [0.15, 0.2) is 9.84 Å². The lowest BCUT2D eigenvalue weighted by molar-refractivity contribution is 0.585. The molecule has 8 heteroatoms. The molecule has 0 fully saturated rings. The molecule has 0 spiro atoms. The summed E-state index contributed by atoms with van der Waals surface area (Å²) >= 11 is 0. The summed E-state index contributed by atoms with van der Waals surface area (Å²) in [5.74, 6) is 0.858. The van der Waals surface area contributed by atoms with Crippen LogP contribution in [0.2, 0.25) is 0 Å². The average Bonchev–Trinajstić information content (AvgIpc) is 3.18. The fourth-order valence-electron chi connectivity index (χ4n) is 2.85. The number of pyridine rings is 1. The molecule has 0 saturated heterocycles. The smallest absolute Gasteiger partial charge is 0.252 e. The van der Waals surface area contributed by atoms with Gasteiger partial charge in [0, 0.05) is 18.0 Å². The largest absolute Gasteiger partial charge is 0.416 e. The van der Waals surface area contributed by atoms with Gasteiger partial charge in [0.25, 0.3) is 5.89 Å². The normalized spacial score (nSPS) is 11.5. The Labute approximate surface area is 161 Å². The highest BCUT2D eigenvalue weighted by Gasteiger charge is 2.19. The number of sulfone groups is 1. The molecule has 2 aromatic heterocycles. The van der Waals surface area contributed by atoms with Crippen molar-refractivity contribution in [2.75, 3.05) is 12.0 Å². The maximum Gasteiger partial charge on any atom is 0.252 e. The standard InChI is InChI=1S/C20H16N4O3S/c1-28(25,26)15-9-7-13(8-10-15)16-11-12-22-18(21)17(16)20-24-23-19(27-20)14-5-3-2-4-6-14/h2-12H,1H3,(H2,21,22). The minimum Gasteiger partial charge on any atom is -0.416 e. The molecule has 28 heavy (non-hydrogen) atoms. The number of nitrogens with zero attached hydrogens (tertiary/aromatic N) is 3. The second-order valence-electron chi connectivity index (χ2n) is 6.19. The quantitative estimate of drug-likeness (QED) is 0.566. The van der Waals surface area contributed by atoms with E-state index in [0.29, 0.717) is 11.5 Å². The lowest BCUT2D eigenvalue weighted by Crippen LogP contribution is -1.98. The SMILES string of the molecule is CS(=O)(=O)c1ccc(-c2ccnc(N)c2-c2nnc(-c3ccccc3)o2)cc1. The molecule has 2 aromatic carbocycles. The van der Waals surface area contributed by atoms with Crippen molar-refractivity contribution in [2.45, 2.75) is 4.90 Å². The predicted molar refractivity (Wildman–Crippen MR) is 106 cm³/mol. The Kier molecular flexibility index (Phi) is 4.40. The number of hydrogen-bond donors (Lipinski definition) is 1. The maximum atomic E-state index is 11.7. The van der Waals surface area contributed by atoms with E-state index >= 15 is 0 Å². The first-order valence-electron chi connectivity index (χ1n) is 8.38. The van der Waals surface area contributed by atoms with Crippen molar-refractivity contribution in [1.82, 2.24) is 15.2 Å². The van der Waals surface area contributed by atoms with Gasteiger partial charge in [-0.15, -0.1) is 10.2 Å². The number of nitrogens with two attached hydrogens (primary N) is 1. The lowest BCUT2D eigenvalue weighted by Gasteiger charge is -2.09. The number of nitrogen functional groups attached to an aromatic ring is 1. The molecule has 0 aliphatic heterocycles. The molecule has 4 aromatic rings. The van der Waals surface area contributed by atoms with Gasteiger partial charge in [0.05, 0.1) is 10.5 Å². The van der Waals surface area contributed by atoms with Gasteiger partial charge >= 0.3 is 0 Å². The fraction of sp³-hybridized carbons (Fsp3) is 0.0500. The summed E-state index contributed by atoms with van der Waals surface area (Å²) in [7, 11) is -3.28. The van der Waals surface area contributed by atoms with Crippen LogP contribution in [0.15, 0.2) is 76.2 Å². The molecule has 0 amide bonds. The van der Waals surface area contributed by atoms with Crippen LogP contribution >= 0.6 is 0 Å². The number of anilines is 1. The molecule has 0 bridgehead atoms. The third-order valence-corrected chi connectivity index (χ3v) is 5.36. The topological polar surface area (TPSA) is 112 Å². The van der Waals surface area contributed by atoms with E-state index in [4.69, 9.17) is 10.2 Å². The molecule has 140 valence electrons. The van der Waals surface area contributed by atoms with Crippen molar-refractivity contribution >= 4 is 15.7 Å². The zero-order valence-electron chi connectivity index (χ0n) is 14.9. The van der Waals surface area contributed by atoms with Gasteiger partial charge in [-0.1, -0.05) is 30.3 Å². The Morgan fingerprint density at radius 2 is 1.54 bits per heavy atom. The Balaban J connectivity index is 1.81. The summed E-state index contributed by atoms with van der Waals surface area (Å²) in [6.45, 7) is 0. The molecular formula is C20H16N4O3S. The molecule has 0 radical (unpaired) electrons. The summed E-state index contributed by atoms with van der Waals surface area (Å²) in [6.07, 6.45) is 2.74. The van der Waals surface area contributed by atoms with Crippen LogP contribution in [0, 0.1) is 0 Å². The van der Waals surface area contributed by atoms with Crippen LogP contribution in [0.25, 0.3) is 34.0 Å². The molecule has 0 aliphatic rings. The number of hydrogen-bond acceptors (Lipinski definition) is 7. The summed E-state index contributed by atoms with van der Waals surface area (Å²) < 4.78 is 29.2. The highest BCUT2D eigenvalue weighted by Crippen LogP contribution is 2.36. The van der Waals surface area contributed by atoms with E-state index in [9.17, 15) is 8.42 Å². The van der Waals surface area contributed by atoms with Crippen LogP contribution in [0.4, 0.5) is 5.82 Å². The summed E-state index contributed by atoms with van der Waals surface area (Å²) in [6, 6.07) is 17.7. The van der Waals surface area contributed by atoms with E-state index < -0.39 is 9.84 Å². The van der Waals surface area contributed by atoms with Crippen molar-refractivity contribution in [3.8, 4) is 34.0 Å². The zero-order valence-corrected chi connectivity index (χ0v) is 15.7. The van der Waals surface area contributed by atoms with Gasteiger partial charge in [0.1, 0.15) is 5.82 Å². The molecule has 2 heterocycles. The molecular weight excluding hydrogens is 376 g/mol. The van der Waals surface area contributed by atoms with Crippen LogP contribution in [-0.4, -0.2) is 29.9 Å². The van der Waals surface area contributed by atoms with Crippen LogP contribution < -0.4 is 5.73 Å². The van der Waals surface area contributed by atoms with Crippen LogP contribution in [0.1, 0.15) is 0 Å². The fourth-order valence-corrected chi connectivity index (χ4v) is 3.48. The van der Waals surface area contributed by atoms with Gasteiger partial charge in [-0.25, -0.2) is 13.4 Å². The van der Waals surface area contributed by atoms with E-state index in [0.717, 1.165) is 16.7 Å². The molecule has 4 rings (SSSR count). The van der Waals surface area contributed by atoms with Gasteiger partial charge in [-0.05, 0) is 41.5 Å². The van der Waals surface area contributed by atoms with Crippen molar-refractivity contribution in [2.24, 2.45) is 0 Å². The molecule has 0 atom stereocenters. The van der Waals surface area contributed by atoms with Gasteiger partial charge in [0.2, 0.25) is 5.89 Å². The number of benzene rings is 2. The minimum absolute atomic E-state index is 0.240. The Morgan fingerprint density at radius 3 is 2.21 bits per heavy atom. The van der Waals surface area contributed by atoms with Crippen molar-refractivity contribution in [1.29, 1.82) is 0 Å². The first kappa shape index (κ1) is 17.9. The van der Waals surface area contributed by atoms with E-state index in [-0.39, 0.29) is 16.6 Å². The molecule has 2 N–H and O–H groups in total. The molecule has 0 unspecified atom stereocenters. The van der Waals surface area contributed by atoms with E-state index in [1.807, 2.05) is 30.3 Å². The van der Waals surface area contributed by atoms with Gasteiger partial charge < -0.3 is 10.2 Å². The minimum atomic E-state index is -3.28. The van der Waals surface area contributed by atoms with E-state index in [2.05, 4.69) is 15.2 Å². The highest BCUT2D eigenvalue weighted by atomic mass is 32.2. The van der Waals surface area contributed by atoms with Crippen molar-refractivity contribution < 1.29 is 12.8 Å². The summed E-state index contributed by atoms with van der Waals surface area (Å²) in [5, 5.41) is 8.24. The Hall–Kier alpha value is -3.52. The lowest BCUT2D eigenvalue weighted by atomic mass is 10.0. The second kappa shape index (κ2) is 6.90. The average molecular weight is 392 g/mol. The molecule has 7 nitrogen and oxygen atoms in total. The van der Waals surface area contributed by atoms with E-state index in [1.54, 1.807) is 36.5 Å². The van der Waals surface area contributed by atoms with Gasteiger partial charge in [-0.2, -0.15) is 0 Å². The predicted octanol–water partition coefficient (Wildman–Crippen LogP) is 3.45. The number of rotatable bonds is 4. The molecule has 0 aliphatic carbocycles. The van der Waals surface area contributed by atoms with Crippen LogP contribution in [0.5, 0.6) is 0 Å². The first-order valence-corrected chi connectivity index (χ1v) is 10.3. The number of aromatic nitrogens is 3. The maximum absolute atomic E-state index is 11.7. The first-order chi connectivity index (χ1) is 13.4. The van der Waals surface area contributed by atoms with Crippen molar-refractivity contribution in [3.05, 3.63) is 66.9 Å². The highest BCUT2D eigenvalue weighted by molar-refractivity contribution is 7.90. The molecule has 0 saturated carbocycles. The third-order valence-electron chi connectivity index (χ3n) is 4.23. The second-order valence-corrected chi connectivity index (χ2v) is 8.21. The Morgan fingerprint density at radius 1 is 0.857 bits per heavy atom. The van der Waals surface area contributed by atoms with E-state index in [1.165, 1.54) is 6.26 Å². The monoisotopic (exact) mass is 392 g/mol. The zero-order chi connectivity index (χ0) is 19.7. The van der Waals surface area contributed by atoms with Gasteiger partial charge in [-0.3, -0.25) is 0 Å².